The first kappa shape index (κ1) is 20.5. The van der Waals surface area contributed by atoms with E-state index in [9.17, 15) is 0 Å². The second kappa shape index (κ2) is 9.78. The number of rotatable bonds is 5. The number of amidine groups is 1. The van der Waals surface area contributed by atoms with E-state index in [0.717, 1.165) is 30.1 Å². The van der Waals surface area contributed by atoms with Crippen LogP contribution in [0.2, 0.25) is 0 Å². The summed E-state index contributed by atoms with van der Waals surface area (Å²) < 4.78 is 1.88. The number of allylic oxidation sites excluding steroid dienone is 11. The van der Waals surface area contributed by atoms with Crippen molar-refractivity contribution in [2.75, 3.05) is 14.1 Å². The van der Waals surface area contributed by atoms with Crippen LogP contribution >= 0.6 is 0 Å². The third kappa shape index (κ3) is 5.60. The molecule has 2 aliphatic rings. The fourth-order valence-corrected chi connectivity index (χ4v) is 3.25. The quantitative estimate of drug-likeness (QED) is 0.431. The van der Waals surface area contributed by atoms with Gasteiger partial charge in [-0.05, 0) is 25.1 Å². The summed E-state index contributed by atoms with van der Waals surface area (Å²) in [6.45, 7) is 3.64. The normalized spacial score (nSPS) is 20.4. The van der Waals surface area contributed by atoms with Crippen LogP contribution in [0, 0.1) is 0 Å². The molecule has 0 N–H and O–H groups in total. The molecule has 0 aromatic carbocycles. The molecule has 1 aromatic rings. The lowest BCUT2D eigenvalue weighted by molar-refractivity contribution is 0.436. The molecule has 0 saturated heterocycles. The molecule has 0 radical (unpaired) electrons. The molecular formula is C23H28N6. The van der Waals surface area contributed by atoms with Gasteiger partial charge in [-0.2, -0.15) is 10.2 Å². The smallest absolute Gasteiger partial charge is 0.158 e. The maximum atomic E-state index is 4.86. The van der Waals surface area contributed by atoms with Gasteiger partial charge in [-0.1, -0.05) is 60.8 Å². The minimum atomic E-state index is 0.123. The second-order valence-electron chi connectivity index (χ2n) is 7.19. The van der Waals surface area contributed by atoms with Gasteiger partial charge < -0.3 is 5.01 Å². The summed E-state index contributed by atoms with van der Waals surface area (Å²) in [6, 6.07) is 0. The van der Waals surface area contributed by atoms with Gasteiger partial charge in [-0.25, -0.2) is 14.7 Å². The molecule has 3 rings (SSSR count). The van der Waals surface area contributed by atoms with Gasteiger partial charge in [0.05, 0.1) is 0 Å². The van der Waals surface area contributed by atoms with Gasteiger partial charge in [-0.15, -0.1) is 0 Å². The molecule has 0 amide bonds. The Hall–Kier alpha value is -3.28. The van der Waals surface area contributed by atoms with Crippen LogP contribution in [-0.4, -0.2) is 46.4 Å². The van der Waals surface area contributed by atoms with E-state index < -0.39 is 0 Å². The zero-order chi connectivity index (χ0) is 20.6. The van der Waals surface area contributed by atoms with Crippen molar-refractivity contribution in [2.45, 2.75) is 25.2 Å². The van der Waals surface area contributed by atoms with E-state index in [0.29, 0.717) is 12.3 Å². The van der Waals surface area contributed by atoms with E-state index in [1.807, 2.05) is 44.1 Å². The van der Waals surface area contributed by atoms with Gasteiger partial charge in [0.25, 0.3) is 0 Å². The standard InChI is InChI=1S/C23H28N6/c1-24-21(26-28(2)3)17-18-11-9-10-12-19(16-15-18)22-25-23(29(4)27-22)20-13-7-5-6-8-14-20/h5-13,15,19H,1,14,16-17H2,2-4H3/b11-9?,12-10+,18-15?,26-21-. The van der Waals surface area contributed by atoms with Crippen LogP contribution in [0.4, 0.5) is 0 Å². The zero-order valence-corrected chi connectivity index (χ0v) is 17.4. The Morgan fingerprint density at radius 2 is 2.10 bits per heavy atom. The molecule has 6 heteroatoms. The van der Waals surface area contributed by atoms with Crippen molar-refractivity contribution in [3.63, 3.8) is 0 Å². The van der Waals surface area contributed by atoms with Gasteiger partial charge in [0, 0.05) is 39.1 Å². The molecule has 2 aliphatic carbocycles. The molecule has 6 nitrogen and oxygen atoms in total. The monoisotopic (exact) mass is 388 g/mol. The highest BCUT2D eigenvalue weighted by Crippen LogP contribution is 2.26. The van der Waals surface area contributed by atoms with Crippen LogP contribution in [0.1, 0.15) is 36.8 Å². The van der Waals surface area contributed by atoms with Crippen molar-refractivity contribution in [2.24, 2.45) is 17.1 Å². The van der Waals surface area contributed by atoms with Crippen LogP contribution in [0.15, 0.2) is 76.4 Å². The second-order valence-corrected chi connectivity index (χ2v) is 7.19. The molecule has 1 atom stereocenters. The SMILES string of the molecule is C=N/C(CC1=CCC(c2nc(C3=CC=CC=CC3)n(C)n2)/C=C/C=C1)=N\N(C)C. The predicted molar refractivity (Wildman–Crippen MR) is 121 cm³/mol. The van der Waals surface area contributed by atoms with Crippen molar-refractivity contribution in [1.82, 2.24) is 19.8 Å². The molecule has 1 aromatic heterocycles. The van der Waals surface area contributed by atoms with Crippen molar-refractivity contribution in [3.8, 4) is 0 Å². The average molecular weight is 389 g/mol. The fourth-order valence-electron chi connectivity index (χ4n) is 3.25. The number of hydrogen-bond donors (Lipinski definition) is 0. The fraction of sp³-hybridized carbons (Fsp3) is 0.304. The topological polar surface area (TPSA) is 58.7 Å². The van der Waals surface area contributed by atoms with Crippen LogP contribution in [0.3, 0.4) is 0 Å². The van der Waals surface area contributed by atoms with Crippen LogP contribution in [0.5, 0.6) is 0 Å². The number of aryl methyl sites for hydroxylation is 1. The van der Waals surface area contributed by atoms with Crippen molar-refractivity contribution < 1.29 is 0 Å². The molecule has 0 saturated carbocycles. The van der Waals surface area contributed by atoms with E-state index in [4.69, 9.17) is 10.1 Å². The summed E-state index contributed by atoms with van der Waals surface area (Å²) in [5, 5.41) is 10.8. The summed E-state index contributed by atoms with van der Waals surface area (Å²) in [6.07, 6.45) is 23.3. The van der Waals surface area contributed by atoms with Gasteiger partial charge in [0.2, 0.25) is 0 Å². The Kier molecular flexibility index (Phi) is 6.89. The molecule has 150 valence electrons. The Morgan fingerprint density at radius 3 is 2.90 bits per heavy atom. The Morgan fingerprint density at radius 1 is 1.24 bits per heavy atom. The van der Waals surface area contributed by atoms with Crippen molar-refractivity contribution in [1.29, 1.82) is 0 Å². The summed E-state index contributed by atoms with van der Waals surface area (Å²) in [5.74, 6) is 2.58. The van der Waals surface area contributed by atoms with Crippen LogP contribution < -0.4 is 0 Å². The first-order chi connectivity index (χ1) is 14.1. The molecule has 29 heavy (non-hydrogen) atoms. The minimum absolute atomic E-state index is 0.123. The number of hydrogen-bond acceptors (Lipinski definition) is 4. The number of aliphatic imine (C=N–C) groups is 1. The molecule has 0 aliphatic heterocycles. The molecule has 1 unspecified atom stereocenters. The summed E-state index contributed by atoms with van der Waals surface area (Å²) in [4.78, 5) is 8.91. The van der Waals surface area contributed by atoms with E-state index in [-0.39, 0.29) is 5.92 Å². The molecular weight excluding hydrogens is 360 g/mol. The van der Waals surface area contributed by atoms with Gasteiger partial charge in [0.1, 0.15) is 0 Å². The van der Waals surface area contributed by atoms with E-state index in [1.54, 1.807) is 5.01 Å². The first-order valence-corrected chi connectivity index (χ1v) is 9.76. The first-order valence-electron chi connectivity index (χ1n) is 9.76. The third-order valence-electron chi connectivity index (χ3n) is 4.65. The lowest BCUT2D eigenvalue weighted by atomic mass is 9.98. The maximum Gasteiger partial charge on any atom is 0.158 e. The highest BCUT2D eigenvalue weighted by molar-refractivity contribution is 5.88. The Labute approximate surface area is 172 Å². The highest BCUT2D eigenvalue weighted by atomic mass is 15.4. The lowest BCUT2D eigenvalue weighted by Gasteiger charge is -2.11. The van der Waals surface area contributed by atoms with E-state index in [1.165, 1.54) is 5.57 Å². The largest absolute Gasteiger partial charge is 0.301 e. The molecule has 0 fully saturated rings. The van der Waals surface area contributed by atoms with Crippen molar-refractivity contribution in [3.05, 3.63) is 78.0 Å². The summed E-state index contributed by atoms with van der Waals surface area (Å²) in [7, 11) is 5.72. The Bertz CT molecular complexity index is 950. The number of aromatic nitrogens is 3. The lowest BCUT2D eigenvalue weighted by Crippen LogP contribution is -2.08. The van der Waals surface area contributed by atoms with Gasteiger partial charge >= 0.3 is 0 Å². The third-order valence-corrected chi connectivity index (χ3v) is 4.65. The molecule has 0 bridgehead atoms. The minimum Gasteiger partial charge on any atom is -0.301 e. The maximum absolute atomic E-state index is 4.86. The van der Waals surface area contributed by atoms with Gasteiger partial charge in [-0.3, -0.25) is 0 Å². The van der Waals surface area contributed by atoms with E-state index in [2.05, 4.69) is 59.3 Å². The average Bonchev–Trinajstić information content (AvgIpc) is 2.88. The Balaban J connectivity index is 1.80. The van der Waals surface area contributed by atoms with Crippen LogP contribution in [-0.2, 0) is 7.05 Å². The van der Waals surface area contributed by atoms with E-state index >= 15 is 0 Å². The summed E-state index contributed by atoms with van der Waals surface area (Å²) in [5.41, 5.74) is 2.33. The predicted octanol–water partition coefficient (Wildman–Crippen LogP) is 4.21. The van der Waals surface area contributed by atoms with Crippen LogP contribution in [0.25, 0.3) is 5.57 Å². The number of hydrazone groups is 1. The number of nitrogens with zero attached hydrogens (tertiary/aromatic N) is 6. The zero-order valence-electron chi connectivity index (χ0n) is 17.4. The van der Waals surface area contributed by atoms with Crippen molar-refractivity contribution >= 4 is 18.1 Å². The van der Waals surface area contributed by atoms with Gasteiger partial charge in [0.15, 0.2) is 17.5 Å². The summed E-state index contributed by atoms with van der Waals surface area (Å²) >= 11 is 0. The molecule has 0 spiro atoms. The molecule has 1 heterocycles. The highest BCUT2D eigenvalue weighted by Gasteiger charge is 2.18.